The van der Waals surface area contributed by atoms with Crippen LogP contribution < -0.4 is 0 Å². The number of hydrogen-bond donors (Lipinski definition) is 0. The number of nitriles is 6. The summed E-state index contributed by atoms with van der Waals surface area (Å²) < 4.78 is 125. The van der Waals surface area contributed by atoms with Gasteiger partial charge in [0, 0.05) is 0 Å². The molecule has 0 spiro atoms. The quantitative estimate of drug-likeness (QED) is 0.0476. The Labute approximate surface area is 808 Å². The third-order valence-electron chi connectivity index (χ3n) is 35.6. The molecule has 24 unspecified atom stereocenters. The molecule has 724 valence electrons. The fourth-order valence-electron chi connectivity index (χ4n) is 28.1. The molecule has 12 fully saturated rings. The van der Waals surface area contributed by atoms with Crippen molar-refractivity contribution >= 4 is 0 Å². The molecule has 0 saturated heterocycles. The van der Waals surface area contributed by atoms with Gasteiger partial charge in [-0.25, -0.2) is 39.5 Å². The molecule has 136 heavy (non-hydrogen) atoms. The fourth-order valence-corrected chi connectivity index (χ4v) is 28.1. The minimum Gasteiger partial charge on any atom is -0.206 e. The number of allylic oxidation sites excluding steroid dienone is 5. The Morgan fingerprint density at radius 2 is 0.529 bits per heavy atom. The van der Waals surface area contributed by atoms with E-state index in [1.54, 1.807) is 54.6 Å². The van der Waals surface area contributed by atoms with Crippen LogP contribution in [0.3, 0.4) is 0 Å². The molecule has 0 amide bonds. The molecular weight excluding hydrogens is 1710 g/mol. The second kappa shape index (κ2) is 51.0. The molecule has 6 aromatic rings. The Kier molecular flexibility index (Phi) is 39.0. The van der Waals surface area contributed by atoms with Crippen LogP contribution in [0.15, 0.2) is 141 Å². The van der Waals surface area contributed by atoms with Gasteiger partial charge in [-0.05, 0) is 480 Å². The normalized spacial score (nSPS) is 30.7. The molecule has 0 bridgehead atoms. The van der Waals surface area contributed by atoms with Crippen molar-refractivity contribution in [1.29, 1.82) is 31.6 Å². The van der Waals surface area contributed by atoms with E-state index in [1.807, 2.05) is 42.5 Å². The van der Waals surface area contributed by atoms with Crippen molar-refractivity contribution in [3.05, 3.63) is 260 Å². The minimum absolute atomic E-state index is 0.152. The van der Waals surface area contributed by atoms with E-state index in [-0.39, 0.29) is 51.9 Å². The zero-order valence-electron chi connectivity index (χ0n) is 81.2. The van der Waals surface area contributed by atoms with Crippen LogP contribution in [0.2, 0.25) is 0 Å². The highest BCUT2D eigenvalue weighted by Gasteiger charge is 2.43. The molecule has 12 aliphatic carbocycles. The lowest BCUT2D eigenvalue weighted by Gasteiger charge is -2.42. The molecule has 6 aromatic carbocycles. The predicted octanol–water partition coefficient (Wildman–Crippen LogP) is 34.7. The van der Waals surface area contributed by atoms with Crippen LogP contribution in [0.25, 0.3) is 0 Å². The highest BCUT2D eigenvalue weighted by molar-refractivity contribution is 5.42. The molecule has 12 aliphatic rings. The summed E-state index contributed by atoms with van der Waals surface area (Å²) in [5.74, 6) is 10.9. The number of fused-ring (bicyclic) bond motifs is 6. The smallest absolute Gasteiger partial charge is 0.144 e. The Bertz CT molecular complexity index is 5230. The van der Waals surface area contributed by atoms with Gasteiger partial charge in [0.25, 0.3) is 0 Å². The van der Waals surface area contributed by atoms with Crippen LogP contribution in [0, 0.1) is 227 Å². The summed E-state index contributed by atoms with van der Waals surface area (Å²) in [5, 5.41) is 52.9. The Morgan fingerprint density at radius 1 is 0.272 bits per heavy atom. The fraction of sp³-hybridized carbons (Fsp3) is 0.587. The number of nitrogens with zero attached hydrogens (tertiary/aromatic N) is 6. The summed E-state index contributed by atoms with van der Waals surface area (Å²) in [7, 11) is 0. The van der Waals surface area contributed by atoms with Crippen molar-refractivity contribution in [1.82, 2.24) is 0 Å². The second-order valence-corrected chi connectivity index (χ2v) is 43.6. The summed E-state index contributed by atoms with van der Waals surface area (Å²) in [5.41, 5.74) is 4.56. The SMILES string of the molecule is C/C=C/C1CCC2CC(c3ccc(C#N)c(F)c3)CCC2C1.C=CC1CCC2CC(c3cc(F)c(C#N)c(F)c3)CCC2C1.C=CC1CCC2CC(c3ccc(C#N)c(F)c3)CCC2C1.C=CCCC1CCC2CC(c3ccc(C#N)c(F)c3)CCC2C1.CCCC1CCC2CC(c3cc(F)c(C#N)c(F)c3)CCC2C1.CCCCCC1CCC2CC(c3cc(F)c(C#N)c(F)c3)CCC2C1. The van der Waals surface area contributed by atoms with Crippen molar-refractivity contribution in [3.8, 4) is 36.4 Å². The number of benzene rings is 6. The summed E-state index contributed by atoms with van der Waals surface area (Å²) in [4.78, 5) is 0. The van der Waals surface area contributed by atoms with E-state index >= 15 is 0 Å². The van der Waals surface area contributed by atoms with E-state index < -0.39 is 51.6 Å². The molecule has 0 aliphatic heterocycles. The Morgan fingerprint density at radius 3 is 0.801 bits per heavy atom. The molecule has 12 saturated carbocycles. The van der Waals surface area contributed by atoms with Crippen LogP contribution >= 0.6 is 0 Å². The average molecular weight is 1860 g/mol. The number of rotatable bonds is 18. The van der Waals surface area contributed by atoms with Gasteiger partial charge in [0.15, 0.2) is 0 Å². The average Bonchev–Trinajstić information content (AvgIpc) is 0.811. The lowest BCUT2D eigenvalue weighted by Crippen LogP contribution is -2.30. The van der Waals surface area contributed by atoms with Gasteiger partial charge in [0.1, 0.15) is 105 Å². The summed E-state index contributed by atoms with van der Waals surface area (Å²) >= 11 is 0. The van der Waals surface area contributed by atoms with Crippen LogP contribution in [0.4, 0.5) is 39.5 Å². The van der Waals surface area contributed by atoms with E-state index in [0.717, 1.165) is 175 Å². The van der Waals surface area contributed by atoms with Crippen molar-refractivity contribution in [2.24, 2.45) is 107 Å². The van der Waals surface area contributed by atoms with Crippen molar-refractivity contribution < 1.29 is 39.5 Å². The van der Waals surface area contributed by atoms with Crippen LogP contribution in [0.5, 0.6) is 0 Å². The highest BCUT2D eigenvalue weighted by Crippen LogP contribution is 2.56. The van der Waals surface area contributed by atoms with Crippen molar-refractivity contribution in [3.63, 3.8) is 0 Å². The summed E-state index contributed by atoms with van der Waals surface area (Å²) in [6, 6.07) is 34.3. The van der Waals surface area contributed by atoms with Crippen LogP contribution in [0.1, 0.15) is 406 Å². The first-order valence-electron chi connectivity index (χ1n) is 52.7. The van der Waals surface area contributed by atoms with Gasteiger partial charge in [0.2, 0.25) is 0 Å². The van der Waals surface area contributed by atoms with Crippen molar-refractivity contribution in [2.45, 2.75) is 339 Å². The van der Waals surface area contributed by atoms with Gasteiger partial charge in [0.05, 0.1) is 16.7 Å². The molecular formula is C121H147F9N6. The van der Waals surface area contributed by atoms with Gasteiger partial charge in [-0.1, -0.05) is 120 Å². The highest BCUT2D eigenvalue weighted by atomic mass is 19.2. The molecule has 0 heterocycles. The maximum Gasteiger partial charge on any atom is 0.144 e. The summed E-state index contributed by atoms with van der Waals surface area (Å²) in [6.07, 6.45) is 65.1. The molecule has 0 aromatic heterocycles. The lowest BCUT2D eigenvalue weighted by molar-refractivity contribution is 0.113. The molecule has 18 rings (SSSR count). The maximum absolute atomic E-state index is 13.9. The molecule has 15 heteroatoms. The first kappa shape index (κ1) is 104. The monoisotopic (exact) mass is 1860 g/mol. The van der Waals surface area contributed by atoms with Crippen molar-refractivity contribution in [2.75, 3.05) is 0 Å². The third kappa shape index (κ3) is 27.2. The third-order valence-corrected chi connectivity index (χ3v) is 35.6. The number of hydrogen-bond acceptors (Lipinski definition) is 6. The number of unbranched alkanes of at least 4 members (excludes halogenated alkanes) is 2. The molecule has 0 radical (unpaired) electrons. The van der Waals surface area contributed by atoms with E-state index in [9.17, 15) is 39.5 Å². The zero-order chi connectivity index (χ0) is 96.5. The van der Waals surface area contributed by atoms with E-state index in [0.29, 0.717) is 47.3 Å². The van der Waals surface area contributed by atoms with Gasteiger partial charge in [-0.15, -0.1) is 19.7 Å². The molecule has 24 atom stereocenters. The van der Waals surface area contributed by atoms with E-state index in [1.165, 1.54) is 255 Å². The Balaban J connectivity index is 0.000000138. The van der Waals surface area contributed by atoms with Gasteiger partial charge in [-0.2, -0.15) is 31.6 Å². The molecule has 6 nitrogen and oxygen atoms in total. The first-order valence-corrected chi connectivity index (χ1v) is 52.7. The topological polar surface area (TPSA) is 143 Å². The predicted molar refractivity (Wildman–Crippen MR) is 526 cm³/mol. The lowest BCUT2D eigenvalue weighted by atomic mass is 9.63. The van der Waals surface area contributed by atoms with E-state index in [2.05, 4.69) is 64.8 Å². The first-order chi connectivity index (χ1) is 66.0. The van der Waals surface area contributed by atoms with Gasteiger partial charge < -0.3 is 0 Å². The standard InChI is InChI=1S/C22H29F2N.C21H26FN.C20H25F2N.C20H24FN.C19H21F2N.C19H22FN/c1-2-3-4-5-15-6-7-17-11-18(9-8-16(17)10-15)19-12-21(23)20(14-25)22(24)13-19;1-2-3-4-15-5-6-17-12-18(8-7-16(17)11-15)19-9-10-20(14-23)21(22)13-19;1-2-3-13-4-5-15-9-16(7-6-14(15)8-13)17-10-19(21)18(12-23)20(22)11-17;1-2-3-14-4-5-16-11-17(7-6-15(16)10-14)18-8-9-19(13-22)20(21)12-18;1-2-12-3-4-14-8-15(6-5-13(14)7-12)16-9-18(20)17(11-22)19(21)10-16;1-2-13-3-4-15-10-16(6-5-14(15)9-13)17-7-8-18(12-21)19(20)11-17/h12-13,15-18H,2-11H2,1H3;2,9-10,13,15-18H,1,3-8,11-12H2;10-11,13-16H,2-9H2,1H3;2-3,8-9,12,14-17H,4-7,10-11H2,1H3;2,9-10,12-15H,1,3-8H2;2,7-8,11,13-16H,1,3-6,9-10H2/b;;;3-2+;;. The Hall–Kier alpha value is -9.41. The van der Waals surface area contributed by atoms with Crippen LogP contribution in [-0.4, -0.2) is 0 Å². The molecule has 0 N–H and O–H groups in total. The zero-order valence-corrected chi connectivity index (χ0v) is 81.2. The van der Waals surface area contributed by atoms with Crippen LogP contribution in [-0.2, 0) is 0 Å². The second-order valence-electron chi connectivity index (χ2n) is 43.6. The maximum atomic E-state index is 13.9. The van der Waals surface area contributed by atoms with Gasteiger partial charge >= 0.3 is 0 Å². The summed E-state index contributed by atoms with van der Waals surface area (Å²) in [6.45, 7) is 18.3. The number of halogens is 9. The van der Waals surface area contributed by atoms with Gasteiger partial charge in [-0.3, -0.25) is 0 Å². The minimum atomic E-state index is -0.727. The van der Waals surface area contributed by atoms with E-state index in [4.69, 9.17) is 31.6 Å². The largest absolute Gasteiger partial charge is 0.206 e.